The summed E-state index contributed by atoms with van der Waals surface area (Å²) in [6.45, 7) is 4.13. The first-order valence-corrected chi connectivity index (χ1v) is 7.87. The Morgan fingerprint density at radius 2 is 1.71 bits per heavy atom. The number of hydrogen-bond donors (Lipinski definition) is 1. The Labute approximate surface area is 104 Å². The van der Waals surface area contributed by atoms with E-state index in [1.807, 2.05) is 0 Å². The first-order chi connectivity index (χ1) is 8.38. The molecule has 0 aromatic carbocycles. The fourth-order valence-electron chi connectivity index (χ4n) is 1.61. The molecule has 1 N–H and O–H groups in total. The lowest BCUT2D eigenvalue weighted by Crippen LogP contribution is -2.24. The largest absolute Gasteiger partial charge is 0.436 e. The molecule has 3 aliphatic heterocycles. The number of rotatable bonds is 5. The molecule has 5 nitrogen and oxygen atoms in total. The van der Waals surface area contributed by atoms with Gasteiger partial charge in [0.15, 0.2) is 9.76 Å². The predicted octanol–water partition coefficient (Wildman–Crippen LogP) is -0.610. The van der Waals surface area contributed by atoms with E-state index in [1.54, 1.807) is 0 Å². The molecule has 0 amide bonds. The first-order valence-electron chi connectivity index (χ1n) is 6.42. The van der Waals surface area contributed by atoms with Crippen LogP contribution in [0.2, 0.25) is 0 Å². The van der Waals surface area contributed by atoms with Crippen LogP contribution in [0.1, 0.15) is 19.3 Å². The molecule has 0 spiro atoms. The van der Waals surface area contributed by atoms with Gasteiger partial charge in [-0.3, -0.25) is 0 Å². The number of hydrogen-bond acceptors (Lipinski definition) is 5. The van der Waals surface area contributed by atoms with Crippen molar-refractivity contribution in [3.05, 3.63) is 0 Å². The van der Waals surface area contributed by atoms with Gasteiger partial charge in [-0.25, -0.2) is 0 Å². The summed E-state index contributed by atoms with van der Waals surface area (Å²) in [5, 5.41) is 0. The molecule has 3 saturated heterocycles. The summed E-state index contributed by atoms with van der Waals surface area (Å²) >= 11 is 0. The fraction of sp³-hybridized carbons (Fsp3) is 1.00. The molecule has 3 rings (SSSR count). The third-order valence-electron chi connectivity index (χ3n) is 2.89. The molecule has 100 valence electrons. The van der Waals surface area contributed by atoms with Crippen LogP contribution in [-0.2, 0) is 18.9 Å². The Hall–Kier alpha value is 0.0169. The van der Waals surface area contributed by atoms with Crippen LogP contribution in [0, 0.1) is 0 Å². The van der Waals surface area contributed by atoms with Crippen LogP contribution >= 0.6 is 0 Å². The SMILES string of the molecule is C(OCC1CO1)C1CO1.O[SiH2]C1CCCCO1. The molecule has 0 aromatic heterocycles. The average molecular weight is 262 g/mol. The number of epoxide rings is 2. The Kier molecular flexibility index (Phi) is 5.89. The minimum Gasteiger partial charge on any atom is -0.436 e. The van der Waals surface area contributed by atoms with Crippen molar-refractivity contribution < 1.29 is 23.7 Å². The third-order valence-corrected chi connectivity index (χ3v) is 3.94. The Bertz CT molecular complexity index is 190. The highest BCUT2D eigenvalue weighted by atomic mass is 28.2. The molecule has 0 saturated carbocycles. The predicted molar refractivity (Wildman–Crippen MR) is 64.7 cm³/mol. The third kappa shape index (κ3) is 6.49. The van der Waals surface area contributed by atoms with Crippen LogP contribution in [0.15, 0.2) is 0 Å². The molecule has 0 aliphatic carbocycles. The molecule has 0 radical (unpaired) electrons. The summed E-state index contributed by atoms with van der Waals surface area (Å²) < 4.78 is 20.4. The van der Waals surface area contributed by atoms with E-state index in [0.29, 0.717) is 12.2 Å². The van der Waals surface area contributed by atoms with Gasteiger partial charge in [0, 0.05) is 6.61 Å². The maximum atomic E-state index is 8.70. The van der Waals surface area contributed by atoms with Gasteiger partial charge in [0.25, 0.3) is 0 Å². The zero-order chi connectivity index (χ0) is 11.9. The van der Waals surface area contributed by atoms with Crippen LogP contribution in [-0.4, -0.2) is 65.5 Å². The summed E-state index contributed by atoms with van der Waals surface area (Å²) in [4.78, 5) is 8.70. The van der Waals surface area contributed by atoms with Crippen molar-refractivity contribution in [3.8, 4) is 0 Å². The van der Waals surface area contributed by atoms with Gasteiger partial charge < -0.3 is 23.7 Å². The van der Waals surface area contributed by atoms with Gasteiger partial charge >= 0.3 is 0 Å². The van der Waals surface area contributed by atoms with Crippen LogP contribution < -0.4 is 0 Å². The van der Waals surface area contributed by atoms with E-state index in [1.165, 1.54) is 12.8 Å². The van der Waals surface area contributed by atoms with Crippen molar-refractivity contribution in [2.24, 2.45) is 0 Å². The highest BCUT2D eigenvalue weighted by molar-refractivity contribution is 6.27. The molecular weight excluding hydrogens is 240 g/mol. The summed E-state index contributed by atoms with van der Waals surface area (Å²) in [6.07, 6.45) is 4.32. The van der Waals surface area contributed by atoms with E-state index < -0.39 is 9.76 Å². The lowest BCUT2D eigenvalue weighted by molar-refractivity contribution is 0.0590. The maximum absolute atomic E-state index is 8.70. The van der Waals surface area contributed by atoms with Gasteiger partial charge in [0.1, 0.15) is 12.2 Å². The molecule has 0 bridgehead atoms. The highest BCUT2D eigenvalue weighted by Gasteiger charge is 2.26. The number of ether oxygens (including phenoxy) is 4. The second-order valence-electron chi connectivity index (χ2n) is 4.62. The van der Waals surface area contributed by atoms with Crippen molar-refractivity contribution >= 4 is 9.76 Å². The lowest BCUT2D eigenvalue weighted by atomic mass is 10.2. The van der Waals surface area contributed by atoms with Gasteiger partial charge in [-0.1, -0.05) is 0 Å². The summed E-state index contributed by atoms with van der Waals surface area (Å²) in [6, 6.07) is 0. The monoisotopic (exact) mass is 262 g/mol. The van der Waals surface area contributed by atoms with E-state index in [0.717, 1.165) is 39.5 Å². The van der Waals surface area contributed by atoms with Crippen molar-refractivity contribution in [2.45, 2.75) is 37.2 Å². The maximum Gasteiger partial charge on any atom is 0.185 e. The van der Waals surface area contributed by atoms with Gasteiger partial charge in [0.05, 0.1) is 32.2 Å². The second kappa shape index (κ2) is 7.45. The minimum atomic E-state index is -0.854. The molecule has 3 fully saturated rings. The van der Waals surface area contributed by atoms with Crippen molar-refractivity contribution in [1.29, 1.82) is 0 Å². The van der Waals surface area contributed by atoms with E-state index in [9.17, 15) is 0 Å². The average Bonchev–Trinajstić information content (AvgIpc) is 3.25. The Balaban J connectivity index is 0.000000128. The van der Waals surface area contributed by atoms with Gasteiger partial charge in [0.2, 0.25) is 0 Å². The van der Waals surface area contributed by atoms with Gasteiger partial charge in [-0.05, 0) is 19.3 Å². The van der Waals surface area contributed by atoms with Crippen LogP contribution in [0.3, 0.4) is 0 Å². The quantitative estimate of drug-likeness (QED) is 0.529. The molecule has 3 heterocycles. The van der Waals surface area contributed by atoms with Gasteiger partial charge in [-0.2, -0.15) is 0 Å². The van der Waals surface area contributed by atoms with Gasteiger partial charge in [-0.15, -0.1) is 0 Å². The molecule has 3 aliphatic rings. The minimum absolute atomic E-state index is 0.281. The molecule has 0 aromatic rings. The van der Waals surface area contributed by atoms with Crippen LogP contribution in [0.5, 0.6) is 0 Å². The van der Waals surface area contributed by atoms with E-state index in [-0.39, 0.29) is 5.73 Å². The summed E-state index contributed by atoms with van der Waals surface area (Å²) in [5.41, 5.74) is 0.281. The molecular formula is C11H22O5Si. The smallest absolute Gasteiger partial charge is 0.185 e. The highest BCUT2D eigenvalue weighted by Crippen LogP contribution is 2.12. The molecule has 17 heavy (non-hydrogen) atoms. The summed E-state index contributed by atoms with van der Waals surface area (Å²) in [7, 11) is -0.854. The van der Waals surface area contributed by atoms with Crippen LogP contribution in [0.25, 0.3) is 0 Å². The van der Waals surface area contributed by atoms with E-state index in [4.69, 9.17) is 23.7 Å². The molecule has 3 atom stereocenters. The zero-order valence-electron chi connectivity index (χ0n) is 10.2. The summed E-state index contributed by atoms with van der Waals surface area (Å²) in [5.74, 6) is 0. The van der Waals surface area contributed by atoms with Crippen molar-refractivity contribution in [3.63, 3.8) is 0 Å². The lowest BCUT2D eigenvalue weighted by Gasteiger charge is -2.19. The normalized spacial score (nSPS) is 35.5. The van der Waals surface area contributed by atoms with E-state index >= 15 is 0 Å². The van der Waals surface area contributed by atoms with Crippen molar-refractivity contribution in [2.75, 3.05) is 33.0 Å². The Morgan fingerprint density at radius 3 is 2.06 bits per heavy atom. The fourth-order valence-corrected chi connectivity index (χ4v) is 2.35. The Morgan fingerprint density at radius 1 is 1.06 bits per heavy atom. The van der Waals surface area contributed by atoms with Crippen molar-refractivity contribution in [1.82, 2.24) is 0 Å². The molecule has 3 unspecified atom stereocenters. The zero-order valence-corrected chi connectivity index (χ0v) is 11.6. The molecule has 6 heteroatoms. The topological polar surface area (TPSA) is 63.8 Å². The van der Waals surface area contributed by atoms with Crippen LogP contribution in [0.4, 0.5) is 0 Å². The standard InChI is InChI=1S/C6H10O3.C5H12O2Si/c1(5-3-8-5)7-2-6-4-9-6;6-8-5-3-1-2-4-7-5/h5-6H,1-4H2;5-6H,1-4,8H2. The van der Waals surface area contributed by atoms with E-state index in [2.05, 4.69) is 0 Å². The second-order valence-corrected chi connectivity index (χ2v) is 5.90. The first kappa shape index (κ1) is 13.4.